The molecule has 0 unspecified atom stereocenters. The Morgan fingerprint density at radius 1 is 1.10 bits per heavy atom. The van der Waals surface area contributed by atoms with Gasteiger partial charge >= 0.3 is 6.03 Å². The van der Waals surface area contributed by atoms with Crippen LogP contribution in [0.5, 0.6) is 0 Å². The summed E-state index contributed by atoms with van der Waals surface area (Å²) in [5, 5.41) is 7.85. The molecule has 0 saturated carbocycles. The number of anilines is 1. The lowest BCUT2D eigenvalue weighted by Crippen LogP contribution is -2.30. The predicted molar refractivity (Wildman–Crippen MR) is 119 cm³/mol. The van der Waals surface area contributed by atoms with Crippen LogP contribution in [0.3, 0.4) is 0 Å². The summed E-state index contributed by atoms with van der Waals surface area (Å²) < 4.78 is 6.46. The van der Waals surface area contributed by atoms with Crippen LogP contribution in [-0.2, 0) is 12.0 Å². The Morgan fingerprint density at radius 2 is 1.83 bits per heavy atom. The Labute approximate surface area is 178 Å². The zero-order valence-electron chi connectivity index (χ0n) is 17.3. The molecule has 0 aliphatic carbocycles. The third-order valence-corrected chi connectivity index (χ3v) is 5.54. The highest BCUT2D eigenvalue weighted by atomic mass is 32.1. The quantitative estimate of drug-likeness (QED) is 0.483. The van der Waals surface area contributed by atoms with Gasteiger partial charge in [-0.1, -0.05) is 38.1 Å². The van der Waals surface area contributed by atoms with E-state index in [2.05, 4.69) is 20.4 Å². The minimum absolute atomic E-state index is 0.198. The molecule has 2 amide bonds. The number of urea groups is 1. The van der Waals surface area contributed by atoms with Gasteiger partial charge in [0.25, 0.3) is 0 Å². The monoisotopic (exact) mass is 421 g/mol. The van der Waals surface area contributed by atoms with Crippen molar-refractivity contribution in [1.29, 1.82) is 0 Å². The molecule has 154 valence electrons. The zero-order chi connectivity index (χ0) is 21.3. The van der Waals surface area contributed by atoms with Crippen molar-refractivity contribution in [3.8, 4) is 11.4 Å². The van der Waals surface area contributed by atoms with Crippen molar-refractivity contribution in [2.45, 2.75) is 32.7 Å². The molecule has 7 nitrogen and oxygen atoms in total. The summed E-state index contributed by atoms with van der Waals surface area (Å²) in [5.41, 5.74) is 2.28. The number of thiazole rings is 1. The van der Waals surface area contributed by atoms with Gasteiger partial charge in [-0.25, -0.2) is 9.78 Å². The number of nitrogens with one attached hydrogen (secondary N) is 1. The first-order valence-corrected chi connectivity index (χ1v) is 10.4. The molecule has 2 aromatic heterocycles. The van der Waals surface area contributed by atoms with E-state index in [-0.39, 0.29) is 11.4 Å². The molecule has 1 N–H and O–H groups in total. The van der Waals surface area contributed by atoms with Crippen molar-refractivity contribution >= 4 is 33.3 Å². The summed E-state index contributed by atoms with van der Waals surface area (Å²) in [5.74, 6) is 1.12. The van der Waals surface area contributed by atoms with Crippen molar-refractivity contribution in [2.75, 3.05) is 12.4 Å². The first kappa shape index (κ1) is 20.0. The molecule has 30 heavy (non-hydrogen) atoms. The molecule has 0 spiro atoms. The summed E-state index contributed by atoms with van der Waals surface area (Å²) in [4.78, 5) is 23.2. The number of fused-ring (bicyclic) bond motifs is 1. The first-order valence-electron chi connectivity index (χ1n) is 9.61. The number of para-hydroxylation sites is 1. The average molecular weight is 422 g/mol. The average Bonchev–Trinajstić information content (AvgIpc) is 3.35. The Bertz CT molecular complexity index is 1140. The fourth-order valence-electron chi connectivity index (χ4n) is 2.83. The highest BCUT2D eigenvalue weighted by molar-refractivity contribution is 7.18. The van der Waals surface area contributed by atoms with E-state index in [0.29, 0.717) is 23.9 Å². The number of nitrogens with zero attached hydrogens (tertiary/aromatic N) is 4. The van der Waals surface area contributed by atoms with Crippen LogP contribution in [0, 0.1) is 0 Å². The summed E-state index contributed by atoms with van der Waals surface area (Å²) in [6, 6.07) is 15.1. The van der Waals surface area contributed by atoms with Gasteiger partial charge in [0.1, 0.15) is 5.01 Å². The predicted octanol–water partition coefficient (Wildman–Crippen LogP) is 5.31. The molecule has 2 aromatic carbocycles. The largest absolute Gasteiger partial charge is 0.338 e. The van der Waals surface area contributed by atoms with E-state index in [0.717, 1.165) is 20.8 Å². The highest BCUT2D eigenvalue weighted by Gasteiger charge is 2.22. The molecule has 0 fully saturated rings. The van der Waals surface area contributed by atoms with Crippen LogP contribution in [0.1, 0.15) is 31.7 Å². The molecule has 0 aliphatic heterocycles. The minimum atomic E-state index is -0.201. The van der Waals surface area contributed by atoms with E-state index in [4.69, 9.17) is 4.52 Å². The van der Waals surface area contributed by atoms with Crippen LogP contribution in [0.4, 0.5) is 10.5 Å². The third-order valence-electron chi connectivity index (χ3n) is 4.52. The highest BCUT2D eigenvalue weighted by Crippen LogP contribution is 2.25. The third kappa shape index (κ3) is 4.33. The van der Waals surface area contributed by atoms with Crippen LogP contribution in [0.15, 0.2) is 53.1 Å². The summed E-state index contributed by atoms with van der Waals surface area (Å²) in [7, 11) is 1.75. The Balaban J connectivity index is 1.39. The number of amides is 2. The maximum atomic E-state index is 12.6. The smallest absolute Gasteiger partial charge is 0.321 e. The van der Waals surface area contributed by atoms with Crippen LogP contribution in [-0.4, -0.2) is 33.1 Å². The lowest BCUT2D eigenvalue weighted by atomic mass is 9.97. The second kappa shape index (κ2) is 7.87. The van der Waals surface area contributed by atoms with Crippen molar-refractivity contribution in [2.24, 2.45) is 0 Å². The minimum Gasteiger partial charge on any atom is -0.338 e. The van der Waals surface area contributed by atoms with Gasteiger partial charge in [0.2, 0.25) is 11.7 Å². The van der Waals surface area contributed by atoms with Crippen LogP contribution in [0.25, 0.3) is 21.6 Å². The standard InChI is InChI=1S/C22H23N5O2S/c1-22(2,3)20-25-19(26-29-20)14-9-11-15(12-10-14)23-21(28)27(4)13-18-24-16-7-5-6-8-17(16)30-18/h5-12H,13H2,1-4H3,(H,23,28). The molecular weight excluding hydrogens is 398 g/mol. The van der Waals surface area contributed by atoms with Gasteiger partial charge in [-0.05, 0) is 36.4 Å². The molecule has 0 bridgehead atoms. The first-order chi connectivity index (χ1) is 14.3. The SMILES string of the molecule is CN(Cc1nc2ccccc2s1)C(=O)Nc1ccc(-c2noc(C(C)(C)C)n2)cc1. The maximum absolute atomic E-state index is 12.6. The van der Waals surface area contributed by atoms with Crippen LogP contribution < -0.4 is 5.32 Å². The van der Waals surface area contributed by atoms with Gasteiger partial charge in [0.05, 0.1) is 16.8 Å². The van der Waals surface area contributed by atoms with Gasteiger partial charge in [0.15, 0.2) is 0 Å². The summed E-state index contributed by atoms with van der Waals surface area (Å²) in [6.45, 7) is 6.51. The number of aromatic nitrogens is 3. The number of hydrogen-bond acceptors (Lipinski definition) is 6. The van der Waals surface area contributed by atoms with Gasteiger partial charge in [0, 0.05) is 23.7 Å². The molecule has 0 aliphatic rings. The van der Waals surface area contributed by atoms with E-state index in [1.807, 2.05) is 69.3 Å². The Morgan fingerprint density at radius 3 is 2.50 bits per heavy atom. The summed E-state index contributed by atoms with van der Waals surface area (Å²) >= 11 is 1.60. The van der Waals surface area contributed by atoms with Crippen molar-refractivity contribution in [3.63, 3.8) is 0 Å². The van der Waals surface area contributed by atoms with Crippen molar-refractivity contribution in [3.05, 3.63) is 59.4 Å². The molecular formula is C22H23N5O2S. The molecule has 0 radical (unpaired) electrons. The molecule has 0 atom stereocenters. The molecule has 8 heteroatoms. The van der Waals surface area contributed by atoms with Gasteiger partial charge < -0.3 is 14.7 Å². The normalized spacial score (nSPS) is 11.6. The molecule has 4 aromatic rings. The number of carbonyl (C=O) groups excluding carboxylic acids is 1. The maximum Gasteiger partial charge on any atom is 0.321 e. The van der Waals surface area contributed by atoms with E-state index in [9.17, 15) is 4.79 Å². The van der Waals surface area contributed by atoms with Crippen molar-refractivity contribution < 1.29 is 9.32 Å². The van der Waals surface area contributed by atoms with E-state index in [1.165, 1.54) is 0 Å². The second-order valence-corrected chi connectivity index (χ2v) is 9.23. The fourth-order valence-corrected chi connectivity index (χ4v) is 3.85. The molecule has 2 heterocycles. The van der Waals surface area contributed by atoms with Gasteiger partial charge in [-0.3, -0.25) is 0 Å². The number of carbonyl (C=O) groups is 1. The Hall–Kier alpha value is -3.26. The number of hydrogen-bond donors (Lipinski definition) is 1. The van der Waals surface area contributed by atoms with E-state index in [1.54, 1.807) is 23.3 Å². The zero-order valence-corrected chi connectivity index (χ0v) is 18.2. The second-order valence-electron chi connectivity index (χ2n) is 8.11. The van der Waals surface area contributed by atoms with Crippen molar-refractivity contribution in [1.82, 2.24) is 20.0 Å². The lowest BCUT2D eigenvalue weighted by Gasteiger charge is -2.16. The molecule has 4 rings (SSSR count). The number of rotatable bonds is 4. The van der Waals surface area contributed by atoms with E-state index < -0.39 is 0 Å². The van der Waals surface area contributed by atoms with Crippen LogP contribution in [0.2, 0.25) is 0 Å². The van der Waals surface area contributed by atoms with E-state index >= 15 is 0 Å². The van der Waals surface area contributed by atoms with Gasteiger partial charge in [-0.2, -0.15) is 4.98 Å². The Kier molecular flexibility index (Phi) is 5.26. The topological polar surface area (TPSA) is 84.2 Å². The van der Waals surface area contributed by atoms with Gasteiger partial charge in [-0.15, -0.1) is 11.3 Å². The van der Waals surface area contributed by atoms with Crippen LogP contribution >= 0.6 is 11.3 Å². The summed E-state index contributed by atoms with van der Waals surface area (Å²) in [6.07, 6.45) is 0. The molecule has 0 saturated heterocycles. The fraction of sp³-hybridized carbons (Fsp3) is 0.273. The number of benzene rings is 2. The lowest BCUT2D eigenvalue weighted by molar-refractivity contribution is 0.220.